The van der Waals surface area contributed by atoms with Gasteiger partial charge in [-0.05, 0) is 17.7 Å². The number of rotatable bonds is 4. The minimum Gasteiger partial charge on any atom is -0.289 e. The summed E-state index contributed by atoms with van der Waals surface area (Å²) in [6, 6.07) is 13.0. The van der Waals surface area contributed by atoms with Crippen LogP contribution in [0, 0.1) is 0 Å². The number of pyridine rings is 1. The fourth-order valence-corrected chi connectivity index (χ4v) is 2.52. The summed E-state index contributed by atoms with van der Waals surface area (Å²) in [5, 5.41) is 8.33. The third-order valence-electron chi connectivity index (χ3n) is 2.35. The van der Waals surface area contributed by atoms with E-state index in [2.05, 4.69) is 4.98 Å². The van der Waals surface area contributed by atoms with E-state index in [1.165, 1.54) is 11.8 Å². The quantitative estimate of drug-likeness (QED) is 0.503. The minimum absolute atomic E-state index is 0.442. The van der Waals surface area contributed by atoms with Crippen LogP contribution in [0.3, 0.4) is 0 Å². The minimum atomic E-state index is -0.487. The SMILES string of the molecule is O=C(NO)C(Sc1ccncc1)c1ccccc1. The lowest BCUT2D eigenvalue weighted by molar-refractivity contribution is -0.128. The Hall–Kier alpha value is -1.85. The Balaban J connectivity index is 2.24. The highest BCUT2D eigenvalue weighted by Gasteiger charge is 2.21. The van der Waals surface area contributed by atoms with E-state index in [0.29, 0.717) is 0 Å². The molecule has 18 heavy (non-hydrogen) atoms. The lowest BCUT2D eigenvalue weighted by Crippen LogP contribution is -2.24. The Morgan fingerprint density at radius 2 is 1.83 bits per heavy atom. The number of hydroxylamine groups is 1. The molecule has 0 aliphatic rings. The number of aromatic nitrogens is 1. The molecule has 1 unspecified atom stereocenters. The maximum Gasteiger partial charge on any atom is 0.261 e. The molecule has 0 fully saturated rings. The molecule has 2 N–H and O–H groups in total. The molecule has 1 atom stereocenters. The van der Waals surface area contributed by atoms with E-state index in [-0.39, 0.29) is 0 Å². The largest absolute Gasteiger partial charge is 0.289 e. The molecular formula is C13H12N2O2S. The molecule has 1 heterocycles. The second kappa shape index (κ2) is 6.18. The normalized spacial score (nSPS) is 11.8. The molecule has 92 valence electrons. The smallest absolute Gasteiger partial charge is 0.261 e. The number of carbonyl (C=O) groups is 1. The zero-order valence-corrected chi connectivity index (χ0v) is 10.3. The molecule has 0 aliphatic heterocycles. The predicted molar refractivity (Wildman–Crippen MR) is 69.2 cm³/mol. The Bertz CT molecular complexity index is 505. The van der Waals surface area contributed by atoms with Crippen molar-refractivity contribution in [3.05, 3.63) is 60.4 Å². The molecule has 0 saturated heterocycles. The van der Waals surface area contributed by atoms with Crippen LogP contribution in [0.25, 0.3) is 0 Å². The highest BCUT2D eigenvalue weighted by Crippen LogP contribution is 2.34. The molecule has 2 aromatic rings. The molecule has 4 nitrogen and oxygen atoms in total. The first-order valence-corrected chi connectivity index (χ1v) is 6.25. The van der Waals surface area contributed by atoms with Crippen LogP contribution in [0.4, 0.5) is 0 Å². The van der Waals surface area contributed by atoms with Crippen molar-refractivity contribution in [2.75, 3.05) is 0 Å². The molecule has 2 rings (SSSR count). The molecule has 1 amide bonds. The second-order valence-corrected chi connectivity index (χ2v) is 4.75. The van der Waals surface area contributed by atoms with Crippen LogP contribution in [0.5, 0.6) is 0 Å². The van der Waals surface area contributed by atoms with Crippen molar-refractivity contribution in [1.29, 1.82) is 0 Å². The highest BCUT2D eigenvalue weighted by atomic mass is 32.2. The maximum absolute atomic E-state index is 11.7. The topological polar surface area (TPSA) is 62.2 Å². The number of amides is 1. The number of benzene rings is 1. The first-order valence-electron chi connectivity index (χ1n) is 5.37. The molecule has 1 aromatic heterocycles. The molecule has 5 heteroatoms. The summed E-state index contributed by atoms with van der Waals surface area (Å²) in [4.78, 5) is 16.6. The Kier molecular flexibility index (Phi) is 4.33. The molecule has 0 bridgehead atoms. The van der Waals surface area contributed by atoms with Gasteiger partial charge in [0.2, 0.25) is 0 Å². The maximum atomic E-state index is 11.7. The second-order valence-electron chi connectivity index (χ2n) is 3.57. The number of carbonyl (C=O) groups excluding carboxylic acids is 1. The van der Waals surface area contributed by atoms with Gasteiger partial charge >= 0.3 is 0 Å². The van der Waals surface area contributed by atoms with Crippen LogP contribution < -0.4 is 5.48 Å². The highest BCUT2D eigenvalue weighted by molar-refractivity contribution is 8.00. The molecule has 0 spiro atoms. The Labute approximate surface area is 109 Å². The van der Waals surface area contributed by atoms with Crippen LogP contribution in [-0.2, 0) is 4.79 Å². The van der Waals surface area contributed by atoms with Crippen molar-refractivity contribution in [1.82, 2.24) is 10.5 Å². The molecule has 0 aliphatic carbocycles. The van der Waals surface area contributed by atoms with E-state index in [4.69, 9.17) is 5.21 Å². The number of nitrogens with zero attached hydrogens (tertiary/aromatic N) is 1. The summed E-state index contributed by atoms with van der Waals surface area (Å²) in [5.74, 6) is -0.442. The van der Waals surface area contributed by atoms with Gasteiger partial charge in [-0.15, -0.1) is 11.8 Å². The molecular weight excluding hydrogens is 248 g/mol. The average Bonchev–Trinajstić information content (AvgIpc) is 2.46. The van der Waals surface area contributed by atoms with Crippen molar-refractivity contribution in [3.63, 3.8) is 0 Å². The van der Waals surface area contributed by atoms with Gasteiger partial charge in [-0.2, -0.15) is 0 Å². The van der Waals surface area contributed by atoms with Gasteiger partial charge in [0.05, 0.1) is 0 Å². The Morgan fingerprint density at radius 1 is 1.17 bits per heavy atom. The third kappa shape index (κ3) is 3.09. The molecule has 0 saturated carbocycles. The number of nitrogens with one attached hydrogen (secondary N) is 1. The fraction of sp³-hybridized carbons (Fsp3) is 0.0769. The van der Waals surface area contributed by atoms with Crippen LogP contribution in [0.15, 0.2) is 59.8 Å². The summed E-state index contributed by atoms with van der Waals surface area (Å²) >= 11 is 1.36. The van der Waals surface area contributed by atoms with E-state index in [9.17, 15) is 4.79 Å². The van der Waals surface area contributed by atoms with E-state index in [1.807, 2.05) is 42.5 Å². The zero-order chi connectivity index (χ0) is 12.8. The van der Waals surface area contributed by atoms with Crippen molar-refractivity contribution in [2.24, 2.45) is 0 Å². The van der Waals surface area contributed by atoms with Gasteiger partial charge < -0.3 is 0 Å². The first kappa shape index (κ1) is 12.6. The first-order chi connectivity index (χ1) is 8.81. The predicted octanol–water partition coefficient (Wildman–Crippen LogP) is 2.42. The summed E-state index contributed by atoms with van der Waals surface area (Å²) in [6.07, 6.45) is 3.34. The zero-order valence-electron chi connectivity index (χ0n) is 9.48. The summed E-state index contributed by atoms with van der Waals surface area (Å²) < 4.78 is 0. The van der Waals surface area contributed by atoms with Crippen LogP contribution in [0.2, 0.25) is 0 Å². The van der Waals surface area contributed by atoms with Crippen molar-refractivity contribution < 1.29 is 10.0 Å². The van der Waals surface area contributed by atoms with E-state index in [1.54, 1.807) is 17.9 Å². The molecule has 1 aromatic carbocycles. The standard InChI is InChI=1S/C13H12N2O2S/c16-13(15-17)12(10-4-2-1-3-5-10)18-11-6-8-14-9-7-11/h1-9,12,17H,(H,15,16). The summed E-state index contributed by atoms with van der Waals surface area (Å²) in [6.45, 7) is 0. The van der Waals surface area contributed by atoms with Gasteiger partial charge in [-0.3, -0.25) is 15.0 Å². The fourth-order valence-electron chi connectivity index (χ4n) is 1.51. The van der Waals surface area contributed by atoms with Gasteiger partial charge in [-0.1, -0.05) is 30.3 Å². The van der Waals surface area contributed by atoms with Crippen molar-refractivity contribution >= 4 is 17.7 Å². The summed E-state index contributed by atoms with van der Waals surface area (Å²) in [5.41, 5.74) is 2.55. The number of hydrogen-bond donors (Lipinski definition) is 2. The van der Waals surface area contributed by atoms with Gasteiger partial charge in [0.25, 0.3) is 5.91 Å². The van der Waals surface area contributed by atoms with E-state index in [0.717, 1.165) is 10.5 Å². The van der Waals surface area contributed by atoms with Crippen LogP contribution in [-0.4, -0.2) is 16.1 Å². The average molecular weight is 260 g/mol. The van der Waals surface area contributed by atoms with Crippen molar-refractivity contribution in [3.8, 4) is 0 Å². The van der Waals surface area contributed by atoms with Crippen LogP contribution >= 0.6 is 11.8 Å². The van der Waals surface area contributed by atoms with Crippen LogP contribution in [0.1, 0.15) is 10.8 Å². The Morgan fingerprint density at radius 3 is 2.44 bits per heavy atom. The van der Waals surface area contributed by atoms with Gasteiger partial charge in [0, 0.05) is 17.3 Å². The number of thioether (sulfide) groups is 1. The lowest BCUT2D eigenvalue weighted by Gasteiger charge is -2.14. The van der Waals surface area contributed by atoms with Gasteiger partial charge in [0.1, 0.15) is 5.25 Å². The van der Waals surface area contributed by atoms with E-state index < -0.39 is 11.2 Å². The van der Waals surface area contributed by atoms with Gasteiger partial charge in [-0.25, -0.2) is 5.48 Å². The van der Waals surface area contributed by atoms with E-state index >= 15 is 0 Å². The van der Waals surface area contributed by atoms with Crippen molar-refractivity contribution in [2.45, 2.75) is 10.1 Å². The summed E-state index contributed by atoms with van der Waals surface area (Å²) in [7, 11) is 0. The number of hydrogen-bond acceptors (Lipinski definition) is 4. The molecule has 0 radical (unpaired) electrons. The third-order valence-corrected chi connectivity index (χ3v) is 3.62. The monoisotopic (exact) mass is 260 g/mol. The van der Waals surface area contributed by atoms with Gasteiger partial charge in [0.15, 0.2) is 0 Å². The lowest BCUT2D eigenvalue weighted by atomic mass is 10.1.